The summed E-state index contributed by atoms with van der Waals surface area (Å²) >= 11 is 1.34. The van der Waals surface area contributed by atoms with Crippen LogP contribution in [0.3, 0.4) is 0 Å². The van der Waals surface area contributed by atoms with Crippen LogP contribution in [0.15, 0.2) is 78.9 Å². The van der Waals surface area contributed by atoms with Gasteiger partial charge in [-0.2, -0.15) is 0 Å². The molecule has 0 bridgehead atoms. The second kappa shape index (κ2) is 13.9. The first-order valence-corrected chi connectivity index (χ1v) is 18.7. The monoisotopic (exact) mass is 729 g/mol. The molecular weight excluding hydrogens is 690 g/mol. The Labute approximate surface area is 311 Å². The van der Waals surface area contributed by atoms with Gasteiger partial charge >= 0.3 is 0 Å². The number of halogens is 1. The number of benzene rings is 3. The van der Waals surface area contributed by atoms with Crippen molar-refractivity contribution in [3.05, 3.63) is 123 Å². The lowest BCUT2D eigenvalue weighted by Crippen LogP contribution is -2.59. The number of amides is 3. The fourth-order valence-electron chi connectivity index (χ4n) is 7.67. The highest BCUT2D eigenvalue weighted by atomic mass is 32.1. The van der Waals surface area contributed by atoms with Crippen molar-refractivity contribution in [3.63, 3.8) is 0 Å². The fourth-order valence-corrected chi connectivity index (χ4v) is 8.81. The van der Waals surface area contributed by atoms with Crippen LogP contribution in [0.4, 0.5) is 27.3 Å². The lowest BCUT2D eigenvalue weighted by molar-refractivity contribution is -0.000519. The predicted octanol–water partition coefficient (Wildman–Crippen LogP) is 8.20. The van der Waals surface area contributed by atoms with Crippen molar-refractivity contribution in [1.29, 1.82) is 0 Å². The molecule has 5 aromatic rings. The largest absolute Gasteiger partial charge is 0.381 e. The van der Waals surface area contributed by atoms with Crippen LogP contribution in [0, 0.1) is 32.0 Å². The zero-order chi connectivity index (χ0) is 36.9. The number of ether oxygens (including phenoxy) is 1. The highest BCUT2D eigenvalue weighted by Gasteiger charge is 2.45. The van der Waals surface area contributed by atoms with Gasteiger partial charge < -0.3 is 25.2 Å². The van der Waals surface area contributed by atoms with Crippen molar-refractivity contribution in [2.45, 2.75) is 40.0 Å². The van der Waals surface area contributed by atoms with E-state index in [4.69, 9.17) is 9.72 Å². The van der Waals surface area contributed by atoms with Gasteiger partial charge in [0.15, 0.2) is 0 Å². The number of aromatic nitrogens is 1. The summed E-state index contributed by atoms with van der Waals surface area (Å²) in [6.45, 7) is 9.38. The van der Waals surface area contributed by atoms with Crippen molar-refractivity contribution in [2.75, 3.05) is 53.3 Å². The molecule has 2 saturated heterocycles. The first kappa shape index (κ1) is 34.7. The molecule has 3 aliphatic heterocycles. The number of hydrogen-bond donors (Lipinski definition) is 2. The van der Waals surface area contributed by atoms with E-state index in [2.05, 4.69) is 15.5 Å². The topological polar surface area (TPSA) is 104 Å². The van der Waals surface area contributed by atoms with Crippen molar-refractivity contribution in [2.24, 2.45) is 5.41 Å². The summed E-state index contributed by atoms with van der Waals surface area (Å²) in [7, 11) is 0. The Morgan fingerprint density at radius 3 is 2.34 bits per heavy atom. The summed E-state index contributed by atoms with van der Waals surface area (Å²) in [5, 5.41) is 6.05. The molecule has 0 saturated carbocycles. The van der Waals surface area contributed by atoms with Gasteiger partial charge in [-0.15, -0.1) is 11.3 Å². The van der Waals surface area contributed by atoms with Gasteiger partial charge in [0.05, 0.1) is 16.1 Å². The molecule has 0 unspecified atom stereocenters. The summed E-state index contributed by atoms with van der Waals surface area (Å²) in [6, 6.07) is 22.6. The number of para-hydroxylation sites is 1. The molecule has 5 heterocycles. The third-order valence-electron chi connectivity index (χ3n) is 10.7. The number of aryl methyl sites for hydroxylation is 3. The van der Waals surface area contributed by atoms with Crippen molar-refractivity contribution in [1.82, 2.24) is 4.98 Å². The average Bonchev–Trinajstić information content (AvgIpc) is 3.50. The maximum Gasteiger partial charge on any atom is 0.265 e. The molecule has 2 fully saturated rings. The highest BCUT2D eigenvalue weighted by Crippen LogP contribution is 2.44. The first-order chi connectivity index (χ1) is 25.6. The summed E-state index contributed by atoms with van der Waals surface area (Å²) in [6.07, 6.45) is 2.52. The lowest BCUT2D eigenvalue weighted by Gasteiger charge is -2.53. The second-order valence-corrected chi connectivity index (χ2v) is 15.4. The third kappa shape index (κ3) is 6.71. The van der Waals surface area contributed by atoms with Crippen molar-refractivity contribution >= 4 is 51.9 Å². The third-order valence-corrected chi connectivity index (χ3v) is 11.9. The molecule has 270 valence electrons. The molecule has 2 N–H and O–H groups in total. The molecule has 53 heavy (non-hydrogen) atoms. The van der Waals surface area contributed by atoms with Gasteiger partial charge in [0.25, 0.3) is 17.7 Å². The molecule has 3 aliphatic rings. The zero-order valence-electron chi connectivity index (χ0n) is 29.9. The number of anilines is 4. The quantitative estimate of drug-likeness (QED) is 0.183. The van der Waals surface area contributed by atoms with Gasteiger partial charge in [-0.3, -0.25) is 14.4 Å². The van der Waals surface area contributed by atoms with E-state index in [1.54, 1.807) is 35.2 Å². The number of fused-ring (bicyclic) bond motifs is 3. The molecule has 1 spiro atoms. The minimum atomic E-state index is -0.460. The van der Waals surface area contributed by atoms with Gasteiger partial charge in [0.2, 0.25) is 0 Å². The Morgan fingerprint density at radius 1 is 0.868 bits per heavy atom. The van der Waals surface area contributed by atoms with Crippen LogP contribution in [0.1, 0.15) is 65.6 Å². The van der Waals surface area contributed by atoms with E-state index in [1.807, 2.05) is 57.2 Å². The molecule has 0 atom stereocenters. The molecule has 0 aliphatic carbocycles. The minimum absolute atomic E-state index is 0.206. The number of rotatable bonds is 6. The maximum absolute atomic E-state index is 14.8. The van der Waals surface area contributed by atoms with Crippen LogP contribution in [0.2, 0.25) is 0 Å². The smallest absolute Gasteiger partial charge is 0.265 e. The van der Waals surface area contributed by atoms with Crippen LogP contribution >= 0.6 is 11.3 Å². The molecule has 9 nitrogen and oxygen atoms in total. The number of thiophene rings is 1. The summed E-state index contributed by atoms with van der Waals surface area (Å²) < 4.78 is 20.3. The van der Waals surface area contributed by atoms with Gasteiger partial charge in [-0.1, -0.05) is 18.2 Å². The molecule has 3 aromatic carbocycles. The highest BCUT2D eigenvalue weighted by molar-refractivity contribution is 7.17. The van der Waals surface area contributed by atoms with Crippen LogP contribution < -0.4 is 20.4 Å². The lowest BCUT2D eigenvalue weighted by atomic mass is 9.73. The van der Waals surface area contributed by atoms with E-state index < -0.39 is 5.82 Å². The first-order valence-electron chi connectivity index (χ1n) is 17.9. The van der Waals surface area contributed by atoms with Gasteiger partial charge in [-0.25, -0.2) is 9.37 Å². The Bertz CT molecular complexity index is 2230. The van der Waals surface area contributed by atoms with Gasteiger partial charge in [0, 0.05) is 71.3 Å². The minimum Gasteiger partial charge on any atom is -0.381 e. The Kier molecular flexibility index (Phi) is 9.08. The molecular formula is C42H40FN5O4S. The molecule has 2 aromatic heterocycles. The zero-order valence-corrected chi connectivity index (χ0v) is 30.7. The average molecular weight is 730 g/mol. The second-order valence-electron chi connectivity index (χ2n) is 14.4. The van der Waals surface area contributed by atoms with Crippen molar-refractivity contribution in [3.8, 4) is 10.4 Å². The molecule has 11 heteroatoms. The Morgan fingerprint density at radius 2 is 1.60 bits per heavy atom. The number of carbonyl (C=O) groups excluding carboxylic acids is 3. The van der Waals surface area contributed by atoms with Crippen molar-refractivity contribution < 1.29 is 23.5 Å². The molecule has 3 amide bonds. The van der Waals surface area contributed by atoms with E-state index in [9.17, 15) is 18.8 Å². The molecule has 0 radical (unpaired) electrons. The SMILES string of the molecule is Cc1ccc(C(=O)Nc2ccc(C(=O)N3CCc4cc(C(=O)Nc5c(C)cccc5C)sc4-c4ccc(F)cc43)cc2)c(N2CC3(CCOCC3)C2)n1. The number of carbonyl (C=O) groups is 3. The van der Waals surface area contributed by atoms with Crippen LogP contribution in [-0.4, -0.2) is 55.6 Å². The van der Waals surface area contributed by atoms with E-state index in [1.165, 1.54) is 23.5 Å². The van der Waals surface area contributed by atoms with Crippen LogP contribution in [0.25, 0.3) is 10.4 Å². The number of pyridine rings is 1. The molecule has 8 rings (SSSR count). The fraction of sp³-hybridized carbons (Fsp3) is 0.286. The van der Waals surface area contributed by atoms with Gasteiger partial charge in [0.1, 0.15) is 11.6 Å². The summed E-state index contributed by atoms with van der Waals surface area (Å²) in [5.74, 6) is -0.546. The van der Waals surface area contributed by atoms with Gasteiger partial charge in [-0.05, 0) is 117 Å². The predicted molar refractivity (Wildman–Crippen MR) is 207 cm³/mol. The maximum atomic E-state index is 14.8. The normalized spacial score (nSPS) is 15.9. The Balaban J connectivity index is 0.989. The van der Waals surface area contributed by atoms with E-state index >= 15 is 0 Å². The summed E-state index contributed by atoms with van der Waals surface area (Å²) in [5.41, 5.74) is 7.32. The van der Waals surface area contributed by atoms with E-state index in [0.29, 0.717) is 51.7 Å². The standard InChI is InChI=1S/C42H40FN5O4S/c1-25-5-4-6-26(2)36(25)46-40(50)35-21-29-15-18-48(34-22-30(43)10-14-32(34)37(29)53-35)41(51)28-8-11-31(12-9-28)45-39(49)33-13-7-27(3)44-38(33)47-23-42(24-47)16-19-52-20-17-42/h4-14,21-22H,15-20,23-24H2,1-3H3,(H,45,49)(H,46,50). The number of nitrogens with zero attached hydrogens (tertiary/aromatic N) is 3. The van der Waals surface area contributed by atoms with E-state index in [0.717, 1.165) is 72.1 Å². The number of hydrogen-bond acceptors (Lipinski definition) is 7. The Hall–Kier alpha value is -5.39. The van der Waals surface area contributed by atoms with Crippen LogP contribution in [0.5, 0.6) is 0 Å². The van der Waals surface area contributed by atoms with E-state index in [-0.39, 0.29) is 23.1 Å². The number of nitrogens with one attached hydrogen (secondary N) is 2. The van der Waals surface area contributed by atoms with Crippen LogP contribution in [-0.2, 0) is 11.2 Å². The summed E-state index contributed by atoms with van der Waals surface area (Å²) in [4.78, 5) is 50.9.